The Hall–Kier alpha value is -0.800. The summed E-state index contributed by atoms with van der Waals surface area (Å²) in [4.78, 5) is 2.53. The van der Waals surface area contributed by atoms with Crippen LogP contribution in [0, 0.1) is 12.8 Å². The van der Waals surface area contributed by atoms with Gasteiger partial charge in [0.2, 0.25) is 0 Å². The Labute approximate surface area is 111 Å². The van der Waals surface area contributed by atoms with Crippen molar-refractivity contribution in [2.24, 2.45) is 5.92 Å². The van der Waals surface area contributed by atoms with E-state index < -0.39 is 0 Å². The highest BCUT2D eigenvalue weighted by molar-refractivity contribution is 5.06. The van der Waals surface area contributed by atoms with Crippen LogP contribution in [0.25, 0.3) is 0 Å². The number of aryl methyl sites for hydroxylation is 1. The molecule has 2 atom stereocenters. The number of rotatable bonds is 4. The fourth-order valence-electron chi connectivity index (χ4n) is 2.71. The molecule has 1 saturated heterocycles. The van der Waals surface area contributed by atoms with Gasteiger partial charge in [-0.3, -0.25) is 4.90 Å². The normalized spacial score (nSPS) is 25.8. The highest BCUT2D eigenvalue weighted by Gasteiger charge is 2.25. The summed E-state index contributed by atoms with van der Waals surface area (Å²) in [5.41, 5.74) is 0. The monoisotopic (exact) mass is 250 g/mol. The Balaban J connectivity index is 1.93. The second kappa shape index (κ2) is 5.89. The molecular weight excluding hydrogens is 224 g/mol. The van der Waals surface area contributed by atoms with Gasteiger partial charge in [-0.2, -0.15) is 0 Å². The summed E-state index contributed by atoms with van der Waals surface area (Å²) in [6.07, 6.45) is 1.25. The summed E-state index contributed by atoms with van der Waals surface area (Å²) in [6, 6.07) is 5.35. The Kier molecular flexibility index (Phi) is 4.46. The molecule has 1 N–H and O–H groups in total. The van der Waals surface area contributed by atoms with Gasteiger partial charge in [-0.05, 0) is 38.3 Å². The average Bonchev–Trinajstić information content (AvgIpc) is 2.68. The lowest BCUT2D eigenvalue weighted by atomic mass is 10.00. The molecule has 0 aliphatic carbocycles. The predicted molar refractivity (Wildman–Crippen MR) is 74.6 cm³/mol. The van der Waals surface area contributed by atoms with Crippen LogP contribution in [0.4, 0.5) is 0 Å². The SMILES string of the molecule is Cc1ccc(CN2CC(CC(C)C)NCC2C)o1. The molecule has 1 fully saturated rings. The van der Waals surface area contributed by atoms with E-state index in [-0.39, 0.29) is 0 Å². The summed E-state index contributed by atoms with van der Waals surface area (Å²) in [7, 11) is 0. The lowest BCUT2D eigenvalue weighted by molar-refractivity contribution is 0.116. The summed E-state index contributed by atoms with van der Waals surface area (Å²) in [5.74, 6) is 2.85. The van der Waals surface area contributed by atoms with Crippen LogP contribution in [0.1, 0.15) is 38.7 Å². The van der Waals surface area contributed by atoms with Crippen molar-refractivity contribution in [3.8, 4) is 0 Å². The molecule has 0 radical (unpaired) electrons. The van der Waals surface area contributed by atoms with Gasteiger partial charge in [0, 0.05) is 25.2 Å². The molecule has 3 nitrogen and oxygen atoms in total. The van der Waals surface area contributed by atoms with E-state index in [2.05, 4.69) is 37.1 Å². The Bertz CT molecular complexity index is 372. The lowest BCUT2D eigenvalue weighted by Crippen LogP contribution is -2.55. The number of nitrogens with one attached hydrogen (secondary N) is 1. The molecule has 2 heterocycles. The minimum Gasteiger partial charge on any atom is -0.465 e. The van der Waals surface area contributed by atoms with Crippen LogP contribution in [0.3, 0.4) is 0 Å². The van der Waals surface area contributed by atoms with E-state index in [9.17, 15) is 0 Å². The van der Waals surface area contributed by atoms with E-state index in [4.69, 9.17) is 4.42 Å². The van der Waals surface area contributed by atoms with Crippen molar-refractivity contribution >= 4 is 0 Å². The zero-order chi connectivity index (χ0) is 13.1. The molecule has 1 aromatic rings. The molecule has 102 valence electrons. The standard InChI is InChI=1S/C15H26N2O/c1-11(2)7-14-9-17(12(3)8-16-14)10-15-6-5-13(4)18-15/h5-6,11-12,14,16H,7-10H2,1-4H3. The molecule has 1 aromatic heterocycles. The molecule has 0 saturated carbocycles. The summed E-state index contributed by atoms with van der Waals surface area (Å²) >= 11 is 0. The molecular formula is C15H26N2O. The van der Waals surface area contributed by atoms with E-state index >= 15 is 0 Å². The van der Waals surface area contributed by atoms with Crippen molar-refractivity contribution in [2.75, 3.05) is 13.1 Å². The van der Waals surface area contributed by atoms with Crippen molar-refractivity contribution in [3.63, 3.8) is 0 Å². The number of hydrogen-bond donors (Lipinski definition) is 1. The van der Waals surface area contributed by atoms with Crippen LogP contribution in [-0.2, 0) is 6.54 Å². The van der Waals surface area contributed by atoms with E-state index in [1.54, 1.807) is 0 Å². The number of piperazine rings is 1. The van der Waals surface area contributed by atoms with Crippen molar-refractivity contribution in [2.45, 2.75) is 52.7 Å². The van der Waals surface area contributed by atoms with Crippen molar-refractivity contribution in [1.82, 2.24) is 10.2 Å². The third-order valence-electron chi connectivity index (χ3n) is 3.69. The fraction of sp³-hybridized carbons (Fsp3) is 0.733. The highest BCUT2D eigenvalue weighted by Crippen LogP contribution is 2.17. The van der Waals surface area contributed by atoms with Gasteiger partial charge in [0.25, 0.3) is 0 Å². The lowest BCUT2D eigenvalue weighted by Gasteiger charge is -2.39. The summed E-state index contributed by atoms with van der Waals surface area (Å²) in [5, 5.41) is 3.65. The van der Waals surface area contributed by atoms with Crippen molar-refractivity contribution in [3.05, 3.63) is 23.7 Å². The molecule has 18 heavy (non-hydrogen) atoms. The highest BCUT2D eigenvalue weighted by atomic mass is 16.3. The van der Waals surface area contributed by atoms with Gasteiger partial charge < -0.3 is 9.73 Å². The average molecular weight is 250 g/mol. The first-order valence-electron chi connectivity index (χ1n) is 7.07. The first-order chi connectivity index (χ1) is 8.54. The molecule has 1 aliphatic heterocycles. The Morgan fingerprint density at radius 2 is 2.22 bits per heavy atom. The molecule has 0 amide bonds. The van der Waals surface area contributed by atoms with Gasteiger partial charge in [0.1, 0.15) is 11.5 Å². The molecule has 3 heteroatoms. The van der Waals surface area contributed by atoms with Crippen LogP contribution in [0.15, 0.2) is 16.5 Å². The molecule has 2 unspecified atom stereocenters. The minimum absolute atomic E-state index is 0.582. The zero-order valence-corrected chi connectivity index (χ0v) is 12.1. The second-order valence-corrected chi connectivity index (χ2v) is 6.03. The summed E-state index contributed by atoms with van der Waals surface area (Å²) < 4.78 is 5.69. The third-order valence-corrected chi connectivity index (χ3v) is 3.69. The zero-order valence-electron chi connectivity index (χ0n) is 12.1. The van der Waals surface area contributed by atoms with Crippen LogP contribution in [-0.4, -0.2) is 30.1 Å². The van der Waals surface area contributed by atoms with Crippen LogP contribution < -0.4 is 5.32 Å². The molecule has 2 rings (SSSR count). The maximum Gasteiger partial charge on any atom is 0.118 e. The molecule has 0 spiro atoms. The maximum absolute atomic E-state index is 5.69. The first kappa shape index (κ1) is 13.6. The minimum atomic E-state index is 0.582. The van der Waals surface area contributed by atoms with Gasteiger partial charge in [-0.15, -0.1) is 0 Å². The number of hydrogen-bond acceptors (Lipinski definition) is 3. The van der Waals surface area contributed by atoms with Gasteiger partial charge in [-0.25, -0.2) is 0 Å². The van der Waals surface area contributed by atoms with Crippen molar-refractivity contribution in [1.29, 1.82) is 0 Å². The third kappa shape index (κ3) is 3.59. The molecule has 1 aliphatic rings. The Morgan fingerprint density at radius 1 is 1.44 bits per heavy atom. The van der Waals surface area contributed by atoms with E-state index in [1.807, 2.05) is 13.0 Å². The van der Waals surface area contributed by atoms with Gasteiger partial charge in [-0.1, -0.05) is 13.8 Å². The number of furan rings is 1. The first-order valence-corrected chi connectivity index (χ1v) is 7.07. The van der Waals surface area contributed by atoms with Gasteiger partial charge >= 0.3 is 0 Å². The van der Waals surface area contributed by atoms with Crippen LogP contribution in [0.5, 0.6) is 0 Å². The summed E-state index contributed by atoms with van der Waals surface area (Å²) in [6.45, 7) is 12.0. The largest absolute Gasteiger partial charge is 0.465 e. The molecule has 0 bridgehead atoms. The fourth-order valence-corrected chi connectivity index (χ4v) is 2.71. The second-order valence-electron chi connectivity index (χ2n) is 6.03. The van der Waals surface area contributed by atoms with E-state index in [1.165, 1.54) is 6.42 Å². The number of nitrogens with zero attached hydrogens (tertiary/aromatic N) is 1. The topological polar surface area (TPSA) is 28.4 Å². The van der Waals surface area contributed by atoms with Gasteiger partial charge in [0.05, 0.1) is 6.54 Å². The van der Waals surface area contributed by atoms with Crippen molar-refractivity contribution < 1.29 is 4.42 Å². The van der Waals surface area contributed by atoms with Crippen LogP contribution in [0.2, 0.25) is 0 Å². The quantitative estimate of drug-likeness (QED) is 0.890. The maximum atomic E-state index is 5.69. The van der Waals surface area contributed by atoms with E-state index in [0.29, 0.717) is 12.1 Å². The Morgan fingerprint density at radius 3 is 2.83 bits per heavy atom. The van der Waals surface area contributed by atoms with E-state index in [0.717, 1.165) is 37.1 Å². The van der Waals surface area contributed by atoms with Gasteiger partial charge in [0.15, 0.2) is 0 Å². The molecule has 0 aromatic carbocycles. The smallest absolute Gasteiger partial charge is 0.118 e. The predicted octanol–water partition coefficient (Wildman–Crippen LogP) is 2.80. The van der Waals surface area contributed by atoms with Crippen LogP contribution >= 0.6 is 0 Å².